The zero-order chi connectivity index (χ0) is 22.3. The lowest BCUT2D eigenvalue weighted by Crippen LogP contribution is -3.61. The molecule has 0 atom stereocenters. The second kappa shape index (κ2) is 10.2. The molecular formula is C20H15F4IO4S. The first kappa shape index (κ1) is 24.1. The number of benzene rings is 3. The molecule has 3 aromatic rings. The molecule has 0 heterocycles. The highest BCUT2D eigenvalue weighted by molar-refractivity contribution is 7.86. The lowest BCUT2D eigenvalue weighted by molar-refractivity contribution is -0.597. The first-order valence-electron chi connectivity index (χ1n) is 8.23. The maximum Gasteiger partial charge on any atom is 0.479 e. The molecule has 0 saturated heterocycles. The SMILES string of the molecule is O=S(=O)([O-])C(F)(F)C(F)(F)Oc1ccccc1.c1ccc([I+]c2ccccc2)cc1. The summed E-state index contributed by atoms with van der Waals surface area (Å²) in [6.07, 6.45) is -5.45. The van der Waals surface area contributed by atoms with Gasteiger partial charge in [-0.3, -0.25) is 0 Å². The molecule has 0 fully saturated rings. The van der Waals surface area contributed by atoms with Crippen molar-refractivity contribution in [2.45, 2.75) is 11.4 Å². The maximum absolute atomic E-state index is 12.8. The van der Waals surface area contributed by atoms with Gasteiger partial charge < -0.3 is 9.29 Å². The van der Waals surface area contributed by atoms with Crippen LogP contribution in [0, 0.1) is 7.14 Å². The van der Waals surface area contributed by atoms with Crippen molar-refractivity contribution >= 4 is 10.1 Å². The molecule has 0 aliphatic carbocycles. The van der Waals surface area contributed by atoms with Crippen LogP contribution in [0.25, 0.3) is 0 Å². The van der Waals surface area contributed by atoms with Crippen molar-refractivity contribution in [3.63, 3.8) is 0 Å². The van der Waals surface area contributed by atoms with E-state index in [-0.39, 0.29) is 21.2 Å². The molecule has 3 aromatic carbocycles. The van der Waals surface area contributed by atoms with Gasteiger partial charge in [0.25, 0.3) is 0 Å². The van der Waals surface area contributed by atoms with Gasteiger partial charge in [-0.15, -0.1) is 0 Å². The van der Waals surface area contributed by atoms with Crippen LogP contribution in [0.15, 0.2) is 91.0 Å². The molecular weight excluding hydrogens is 539 g/mol. The number of para-hydroxylation sites is 1. The van der Waals surface area contributed by atoms with Gasteiger partial charge in [0.15, 0.2) is 17.3 Å². The summed E-state index contributed by atoms with van der Waals surface area (Å²) in [4.78, 5) is 0. The van der Waals surface area contributed by atoms with Crippen molar-refractivity contribution in [1.82, 2.24) is 0 Å². The minimum atomic E-state index is -6.54. The van der Waals surface area contributed by atoms with Gasteiger partial charge in [-0.25, -0.2) is 8.42 Å². The molecule has 10 heteroatoms. The number of hydrogen-bond acceptors (Lipinski definition) is 4. The third-order valence-electron chi connectivity index (χ3n) is 3.33. The van der Waals surface area contributed by atoms with E-state index in [9.17, 15) is 30.5 Å². The van der Waals surface area contributed by atoms with Crippen LogP contribution in [0.1, 0.15) is 0 Å². The number of halogens is 5. The molecule has 160 valence electrons. The van der Waals surface area contributed by atoms with Gasteiger partial charge in [0.05, 0.1) is 0 Å². The van der Waals surface area contributed by atoms with Crippen molar-refractivity contribution in [3.05, 3.63) is 98.1 Å². The minimum absolute atomic E-state index is 0.0287. The van der Waals surface area contributed by atoms with Crippen LogP contribution in [0.3, 0.4) is 0 Å². The summed E-state index contributed by atoms with van der Waals surface area (Å²) in [7, 11) is -6.54. The minimum Gasteiger partial charge on any atom is -0.743 e. The van der Waals surface area contributed by atoms with Crippen LogP contribution in [0.2, 0.25) is 0 Å². The third-order valence-corrected chi connectivity index (χ3v) is 6.88. The predicted octanol–water partition coefficient (Wildman–Crippen LogP) is 1.61. The summed E-state index contributed by atoms with van der Waals surface area (Å²) < 4.78 is 87.5. The zero-order valence-corrected chi connectivity index (χ0v) is 18.1. The largest absolute Gasteiger partial charge is 0.743 e. The average Bonchev–Trinajstić information content (AvgIpc) is 2.69. The molecule has 0 bridgehead atoms. The van der Waals surface area contributed by atoms with E-state index in [1.54, 1.807) is 0 Å². The monoisotopic (exact) mass is 554 g/mol. The van der Waals surface area contributed by atoms with Gasteiger partial charge in [-0.1, -0.05) is 54.6 Å². The Morgan fingerprint density at radius 2 is 1.07 bits per heavy atom. The van der Waals surface area contributed by atoms with Crippen LogP contribution in [-0.4, -0.2) is 24.3 Å². The first-order chi connectivity index (χ1) is 14.0. The molecule has 30 heavy (non-hydrogen) atoms. The molecule has 0 radical (unpaired) electrons. The van der Waals surface area contributed by atoms with E-state index in [0.29, 0.717) is 0 Å². The number of alkyl halides is 4. The smallest absolute Gasteiger partial charge is 0.479 e. The zero-order valence-electron chi connectivity index (χ0n) is 15.1. The third kappa shape index (κ3) is 6.67. The van der Waals surface area contributed by atoms with E-state index >= 15 is 0 Å². The first-order valence-corrected chi connectivity index (χ1v) is 11.8. The highest BCUT2D eigenvalue weighted by Crippen LogP contribution is 2.39. The Hall–Kier alpha value is -2.18. The number of rotatable bonds is 6. The van der Waals surface area contributed by atoms with Crippen LogP contribution in [0.5, 0.6) is 5.75 Å². The highest BCUT2D eigenvalue weighted by Gasteiger charge is 2.65. The normalized spacial score (nSPS) is 11.9. The lowest BCUT2D eigenvalue weighted by atomic mass is 10.3. The summed E-state index contributed by atoms with van der Waals surface area (Å²) >= 11 is 0.0287. The molecule has 3 rings (SSSR count). The Morgan fingerprint density at radius 3 is 1.43 bits per heavy atom. The van der Waals surface area contributed by atoms with Crippen LogP contribution >= 0.6 is 0 Å². The summed E-state index contributed by atoms with van der Waals surface area (Å²) in [6, 6.07) is 27.0. The second-order valence-corrected chi connectivity index (χ2v) is 10.0. The van der Waals surface area contributed by atoms with Gasteiger partial charge in [0.1, 0.15) is 5.75 Å². The molecule has 0 amide bonds. The van der Waals surface area contributed by atoms with Crippen molar-refractivity contribution in [1.29, 1.82) is 0 Å². The van der Waals surface area contributed by atoms with E-state index in [4.69, 9.17) is 0 Å². The summed E-state index contributed by atoms with van der Waals surface area (Å²) in [5, 5.41) is -5.85. The topological polar surface area (TPSA) is 66.4 Å². The molecule has 0 aromatic heterocycles. The second-order valence-electron chi connectivity index (χ2n) is 5.59. The van der Waals surface area contributed by atoms with E-state index in [1.165, 1.54) is 25.3 Å². The molecule has 0 unspecified atom stereocenters. The van der Waals surface area contributed by atoms with Crippen molar-refractivity contribution < 1.29 is 56.5 Å². The van der Waals surface area contributed by atoms with Gasteiger partial charge in [-0.2, -0.15) is 17.6 Å². The van der Waals surface area contributed by atoms with Gasteiger partial charge in [-0.05, 0) is 36.4 Å². The molecule has 0 saturated carbocycles. The van der Waals surface area contributed by atoms with E-state index in [0.717, 1.165) is 12.1 Å². The lowest BCUT2D eigenvalue weighted by Gasteiger charge is -2.27. The molecule has 4 nitrogen and oxygen atoms in total. The Balaban J connectivity index is 0.000000220. The molecule has 0 spiro atoms. The highest BCUT2D eigenvalue weighted by atomic mass is 127. The fraction of sp³-hybridized carbons (Fsp3) is 0.100. The Labute approximate surface area is 181 Å². The van der Waals surface area contributed by atoms with E-state index in [2.05, 4.69) is 65.4 Å². The Kier molecular flexibility index (Phi) is 8.21. The standard InChI is InChI=1S/C12H10I.C8H6F4O4S/c1-3-7-11(8-4-1)13-12-9-5-2-6-10-12;9-7(10,8(11,12)17(13,14)15)16-6-4-2-1-3-5-6/h1-10H;1-5H,(H,13,14,15)/q+1;/p-1. The number of hydrogen-bond donors (Lipinski definition) is 0. The average molecular weight is 554 g/mol. The van der Waals surface area contributed by atoms with Gasteiger partial charge >= 0.3 is 32.6 Å². The Bertz CT molecular complexity index is 981. The van der Waals surface area contributed by atoms with Crippen molar-refractivity contribution in [2.24, 2.45) is 0 Å². The molecule has 0 N–H and O–H groups in total. The van der Waals surface area contributed by atoms with E-state index < -0.39 is 27.2 Å². The van der Waals surface area contributed by atoms with Gasteiger partial charge in [0, 0.05) is 0 Å². The molecule has 0 aliphatic rings. The van der Waals surface area contributed by atoms with Crippen molar-refractivity contribution in [2.75, 3.05) is 0 Å². The van der Waals surface area contributed by atoms with Crippen molar-refractivity contribution in [3.8, 4) is 5.75 Å². The van der Waals surface area contributed by atoms with Crippen LogP contribution < -0.4 is 25.9 Å². The molecule has 0 aliphatic heterocycles. The summed E-state index contributed by atoms with van der Waals surface area (Å²) in [5.41, 5.74) is 0. The maximum atomic E-state index is 12.8. The summed E-state index contributed by atoms with van der Waals surface area (Å²) in [6.45, 7) is 0. The Morgan fingerprint density at radius 1 is 0.700 bits per heavy atom. The quantitative estimate of drug-likeness (QED) is 0.264. The van der Waals surface area contributed by atoms with Crippen LogP contribution in [0.4, 0.5) is 17.6 Å². The van der Waals surface area contributed by atoms with E-state index in [1.807, 2.05) is 0 Å². The summed E-state index contributed by atoms with van der Waals surface area (Å²) in [5.74, 6) is -0.694. The predicted molar refractivity (Wildman–Crippen MR) is 96.9 cm³/mol. The van der Waals surface area contributed by atoms with Crippen LogP contribution in [-0.2, 0) is 10.1 Å². The fourth-order valence-electron chi connectivity index (χ4n) is 1.92. The fourth-order valence-corrected chi connectivity index (χ4v) is 4.52. The van der Waals surface area contributed by atoms with Gasteiger partial charge in [0.2, 0.25) is 0 Å². The number of ether oxygens (including phenoxy) is 1.